The van der Waals surface area contributed by atoms with Crippen molar-refractivity contribution in [3.8, 4) is 0 Å². The molecule has 2 saturated heterocycles. The van der Waals surface area contributed by atoms with Crippen LogP contribution in [0.5, 0.6) is 0 Å². The van der Waals surface area contributed by atoms with E-state index in [-0.39, 0.29) is 5.91 Å². The van der Waals surface area contributed by atoms with E-state index in [2.05, 4.69) is 41.4 Å². The van der Waals surface area contributed by atoms with Crippen molar-refractivity contribution in [1.29, 1.82) is 0 Å². The SMILES string of the molecule is Cc1ccc(C2CN3CC(=O)N(C)CC3CN2)cc1. The number of carbonyl (C=O) groups excluding carboxylic acids is 1. The molecule has 3 rings (SSSR count). The fourth-order valence-electron chi connectivity index (χ4n) is 2.96. The Morgan fingerprint density at radius 3 is 2.68 bits per heavy atom. The zero-order valence-electron chi connectivity index (χ0n) is 11.6. The van der Waals surface area contributed by atoms with E-state index < -0.39 is 0 Å². The lowest BCUT2D eigenvalue weighted by molar-refractivity contribution is -0.137. The van der Waals surface area contributed by atoms with E-state index in [1.165, 1.54) is 11.1 Å². The molecule has 4 nitrogen and oxygen atoms in total. The highest BCUT2D eigenvalue weighted by Crippen LogP contribution is 2.22. The van der Waals surface area contributed by atoms with Crippen molar-refractivity contribution in [2.45, 2.75) is 19.0 Å². The lowest BCUT2D eigenvalue weighted by Gasteiger charge is -2.45. The molecule has 1 aromatic carbocycles. The molecule has 0 bridgehead atoms. The largest absolute Gasteiger partial charge is 0.343 e. The van der Waals surface area contributed by atoms with Crippen LogP contribution in [0.2, 0.25) is 0 Å². The summed E-state index contributed by atoms with van der Waals surface area (Å²) >= 11 is 0. The van der Waals surface area contributed by atoms with Gasteiger partial charge in [-0.2, -0.15) is 0 Å². The summed E-state index contributed by atoms with van der Waals surface area (Å²) in [6, 6.07) is 9.48. The number of nitrogens with zero attached hydrogens (tertiary/aromatic N) is 2. The summed E-state index contributed by atoms with van der Waals surface area (Å²) in [6.45, 7) is 5.38. The van der Waals surface area contributed by atoms with Gasteiger partial charge in [-0.05, 0) is 12.5 Å². The van der Waals surface area contributed by atoms with Crippen molar-refractivity contribution in [2.75, 3.05) is 33.2 Å². The Balaban J connectivity index is 1.72. The third-order valence-corrected chi connectivity index (χ3v) is 4.26. The van der Waals surface area contributed by atoms with Gasteiger partial charge >= 0.3 is 0 Å². The van der Waals surface area contributed by atoms with E-state index in [0.717, 1.165) is 19.6 Å². The average Bonchev–Trinajstić information content (AvgIpc) is 2.40. The second-order valence-electron chi connectivity index (χ2n) is 5.73. The van der Waals surface area contributed by atoms with E-state index in [0.29, 0.717) is 18.6 Å². The van der Waals surface area contributed by atoms with Gasteiger partial charge in [-0.25, -0.2) is 0 Å². The molecule has 0 aliphatic carbocycles. The summed E-state index contributed by atoms with van der Waals surface area (Å²) in [5, 5.41) is 3.61. The van der Waals surface area contributed by atoms with Crippen molar-refractivity contribution in [3.63, 3.8) is 0 Å². The van der Waals surface area contributed by atoms with E-state index in [9.17, 15) is 4.79 Å². The van der Waals surface area contributed by atoms with E-state index in [4.69, 9.17) is 0 Å². The number of piperazine rings is 2. The molecule has 2 aliphatic heterocycles. The quantitative estimate of drug-likeness (QED) is 0.809. The second-order valence-corrected chi connectivity index (χ2v) is 5.73. The number of rotatable bonds is 1. The van der Waals surface area contributed by atoms with Crippen LogP contribution < -0.4 is 5.32 Å². The molecule has 2 fully saturated rings. The molecular formula is C15H21N3O. The van der Waals surface area contributed by atoms with Gasteiger partial charge in [0, 0.05) is 38.8 Å². The Morgan fingerprint density at radius 1 is 1.21 bits per heavy atom. The van der Waals surface area contributed by atoms with Crippen LogP contribution in [-0.2, 0) is 4.79 Å². The summed E-state index contributed by atoms with van der Waals surface area (Å²) in [6.07, 6.45) is 0. The van der Waals surface area contributed by atoms with Crippen LogP contribution in [-0.4, -0.2) is 55.0 Å². The number of carbonyl (C=O) groups is 1. The first-order chi connectivity index (χ1) is 9.13. The fraction of sp³-hybridized carbons (Fsp3) is 0.533. The highest BCUT2D eigenvalue weighted by molar-refractivity contribution is 5.78. The minimum atomic E-state index is 0.237. The Kier molecular flexibility index (Phi) is 3.29. The van der Waals surface area contributed by atoms with Crippen LogP contribution in [0.25, 0.3) is 0 Å². The molecular weight excluding hydrogens is 238 g/mol. The Morgan fingerprint density at radius 2 is 1.95 bits per heavy atom. The van der Waals surface area contributed by atoms with Crippen LogP contribution in [0, 0.1) is 6.92 Å². The van der Waals surface area contributed by atoms with Crippen molar-refractivity contribution in [2.24, 2.45) is 0 Å². The average molecular weight is 259 g/mol. The fourth-order valence-corrected chi connectivity index (χ4v) is 2.96. The summed E-state index contributed by atoms with van der Waals surface area (Å²) in [5.41, 5.74) is 2.60. The standard InChI is InChI=1S/C15H21N3O/c1-11-3-5-12(6-4-11)14-9-18-10-15(19)17(2)8-13(18)7-16-14/h3-6,13-14,16H,7-10H2,1-2H3. The smallest absolute Gasteiger partial charge is 0.236 e. The molecule has 102 valence electrons. The molecule has 2 heterocycles. The number of hydrogen-bond donors (Lipinski definition) is 1. The van der Waals surface area contributed by atoms with E-state index >= 15 is 0 Å². The lowest BCUT2D eigenvalue weighted by atomic mass is 9.99. The zero-order valence-corrected chi connectivity index (χ0v) is 11.6. The minimum Gasteiger partial charge on any atom is -0.343 e. The van der Waals surface area contributed by atoms with Crippen LogP contribution in [0.15, 0.2) is 24.3 Å². The highest BCUT2D eigenvalue weighted by Gasteiger charge is 2.35. The number of hydrogen-bond acceptors (Lipinski definition) is 3. The molecule has 0 saturated carbocycles. The Hall–Kier alpha value is -1.39. The number of likely N-dealkylation sites (N-methyl/N-ethyl adjacent to an activating group) is 1. The van der Waals surface area contributed by atoms with E-state index in [1.54, 1.807) is 0 Å². The van der Waals surface area contributed by atoms with Crippen molar-refractivity contribution in [1.82, 2.24) is 15.1 Å². The molecule has 0 radical (unpaired) electrons. The number of fused-ring (bicyclic) bond motifs is 1. The molecule has 0 aromatic heterocycles. The van der Waals surface area contributed by atoms with Gasteiger partial charge in [-0.1, -0.05) is 29.8 Å². The third-order valence-electron chi connectivity index (χ3n) is 4.26. The van der Waals surface area contributed by atoms with Gasteiger partial charge in [0.05, 0.1) is 6.54 Å². The first-order valence-corrected chi connectivity index (χ1v) is 6.91. The minimum absolute atomic E-state index is 0.237. The normalized spacial score (nSPS) is 28.3. The maximum atomic E-state index is 11.8. The summed E-state index contributed by atoms with van der Waals surface area (Å²) in [7, 11) is 1.89. The van der Waals surface area contributed by atoms with Crippen molar-refractivity contribution in [3.05, 3.63) is 35.4 Å². The molecule has 2 aliphatic rings. The number of benzene rings is 1. The monoisotopic (exact) mass is 259 g/mol. The first-order valence-electron chi connectivity index (χ1n) is 6.91. The Labute approximate surface area is 114 Å². The molecule has 1 N–H and O–H groups in total. The van der Waals surface area contributed by atoms with Gasteiger partial charge < -0.3 is 10.2 Å². The van der Waals surface area contributed by atoms with Crippen molar-refractivity contribution >= 4 is 5.91 Å². The van der Waals surface area contributed by atoms with Gasteiger partial charge in [0.15, 0.2) is 0 Å². The lowest BCUT2D eigenvalue weighted by Crippen LogP contribution is -2.62. The van der Waals surface area contributed by atoms with Crippen LogP contribution in [0.1, 0.15) is 17.2 Å². The van der Waals surface area contributed by atoms with Crippen LogP contribution in [0.4, 0.5) is 0 Å². The topological polar surface area (TPSA) is 35.6 Å². The molecule has 1 aromatic rings. The van der Waals surface area contributed by atoms with Gasteiger partial charge in [0.1, 0.15) is 0 Å². The number of nitrogens with one attached hydrogen (secondary N) is 1. The predicted molar refractivity (Wildman–Crippen MR) is 74.9 cm³/mol. The zero-order chi connectivity index (χ0) is 13.4. The molecule has 19 heavy (non-hydrogen) atoms. The molecule has 4 heteroatoms. The first kappa shape index (κ1) is 12.6. The molecule has 0 spiro atoms. The summed E-state index contributed by atoms with van der Waals surface area (Å²) in [5.74, 6) is 0.237. The number of aryl methyl sites for hydroxylation is 1. The summed E-state index contributed by atoms with van der Waals surface area (Å²) < 4.78 is 0. The van der Waals surface area contributed by atoms with E-state index in [1.807, 2.05) is 11.9 Å². The molecule has 1 amide bonds. The second kappa shape index (κ2) is 4.94. The van der Waals surface area contributed by atoms with Gasteiger partial charge in [0.2, 0.25) is 5.91 Å². The van der Waals surface area contributed by atoms with Gasteiger partial charge in [-0.15, -0.1) is 0 Å². The maximum absolute atomic E-state index is 11.8. The molecule has 2 unspecified atom stereocenters. The van der Waals surface area contributed by atoms with Crippen molar-refractivity contribution < 1.29 is 4.79 Å². The third kappa shape index (κ3) is 2.51. The van der Waals surface area contributed by atoms with Crippen LogP contribution in [0.3, 0.4) is 0 Å². The predicted octanol–water partition coefficient (Wildman–Crippen LogP) is 0.782. The van der Waals surface area contributed by atoms with Crippen LogP contribution >= 0.6 is 0 Å². The highest BCUT2D eigenvalue weighted by atomic mass is 16.2. The molecule has 2 atom stereocenters. The maximum Gasteiger partial charge on any atom is 0.236 e. The number of amides is 1. The van der Waals surface area contributed by atoms with Gasteiger partial charge in [-0.3, -0.25) is 9.69 Å². The Bertz CT molecular complexity index is 471. The summed E-state index contributed by atoms with van der Waals surface area (Å²) in [4.78, 5) is 16.0. The van der Waals surface area contributed by atoms with Gasteiger partial charge in [0.25, 0.3) is 0 Å².